The molecular formula is C12H24NO2. The molecule has 1 rings (SSSR count). The molecule has 1 fully saturated rings. The lowest BCUT2D eigenvalue weighted by molar-refractivity contribution is 0.0808. The molecule has 0 unspecified atom stereocenters. The van der Waals surface area contributed by atoms with Gasteiger partial charge in [0.2, 0.25) is 0 Å². The van der Waals surface area contributed by atoms with Crippen LogP contribution in [0.2, 0.25) is 0 Å². The molecule has 0 aromatic heterocycles. The van der Waals surface area contributed by atoms with Crippen molar-refractivity contribution >= 4 is 0 Å². The van der Waals surface area contributed by atoms with Crippen LogP contribution in [0.25, 0.3) is 0 Å². The van der Waals surface area contributed by atoms with E-state index in [1.165, 1.54) is 19.0 Å². The predicted molar refractivity (Wildman–Crippen MR) is 61.4 cm³/mol. The van der Waals surface area contributed by atoms with Crippen LogP contribution in [0.1, 0.15) is 26.7 Å². The fourth-order valence-electron chi connectivity index (χ4n) is 2.15. The van der Waals surface area contributed by atoms with Crippen molar-refractivity contribution in [3.05, 3.63) is 5.92 Å². The van der Waals surface area contributed by atoms with Gasteiger partial charge in [-0.2, -0.15) is 0 Å². The second-order valence-electron chi connectivity index (χ2n) is 5.08. The molecule has 2 N–H and O–H groups in total. The van der Waals surface area contributed by atoms with Crippen LogP contribution < -0.4 is 0 Å². The van der Waals surface area contributed by atoms with E-state index in [2.05, 4.69) is 18.7 Å². The largest absolute Gasteiger partial charge is 0.396 e. The smallest absolute Gasteiger partial charge is 0.0481 e. The molecule has 0 spiro atoms. The SMILES string of the molecule is C[C](C)CN1CC(CCC(CO)CO)C1. The van der Waals surface area contributed by atoms with Gasteiger partial charge < -0.3 is 15.1 Å². The van der Waals surface area contributed by atoms with E-state index >= 15 is 0 Å². The van der Waals surface area contributed by atoms with Crippen LogP contribution in [0.3, 0.4) is 0 Å². The van der Waals surface area contributed by atoms with Crippen LogP contribution >= 0.6 is 0 Å². The Balaban J connectivity index is 2.02. The molecule has 1 radical (unpaired) electrons. The Labute approximate surface area is 93.1 Å². The highest BCUT2D eigenvalue weighted by atomic mass is 16.3. The first-order valence-corrected chi connectivity index (χ1v) is 5.88. The Kier molecular flexibility index (Phi) is 5.58. The maximum Gasteiger partial charge on any atom is 0.0481 e. The Morgan fingerprint density at radius 3 is 2.33 bits per heavy atom. The summed E-state index contributed by atoms with van der Waals surface area (Å²) < 4.78 is 0. The minimum Gasteiger partial charge on any atom is -0.396 e. The summed E-state index contributed by atoms with van der Waals surface area (Å²) in [5.74, 6) is 2.35. The molecule has 0 saturated carbocycles. The quantitative estimate of drug-likeness (QED) is 0.662. The highest BCUT2D eigenvalue weighted by Crippen LogP contribution is 2.23. The van der Waals surface area contributed by atoms with Crippen LogP contribution in [-0.2, 0) is 0 Å². The van der Waals surface area contributed by atoms with Crippen molar-refractivity contribution in [3.8, 4) is 0 Å². The fourth-order valence-corrected chi connectivity index (χ4v) is 2.15. The topological polar surface area (TPSA) is 43.7 Å². The first-order valence-electron chi connectivity index (χ1n) is 5.88. The minimum absolute atomic E-state index is 0.0959. The van der Waals surface area contributed by atoms with Crippen molar-refractivity contribution in [3.63, 3.8) is 0 Å². The van der Waals surface area contributed by atoms with Gasteiger partial charge in [-0.1, -0.05) is 13.8 Å². The highest BCUT2D eigenvalue weighted by molar-refractivity contribution is 4.89. The van der Waals surface area contributed by atoms with Gasteiger partial charge in [-0.25, -0.2) is 0 Å². The summed E-state index contributed by atoms with van der Waals surface area (Å²) in [5, 5.41) is 17.9. The Bertz CT molecular complexity index is 163. The number of hydrogen-bond donors (Lipinski definition) is 2. The van der Waals surface area contributed by atoms with E-state index in [0.717, 1.165) is 25.3 Å². The third-order valence-electron chi connectivity index (χ3n) is 3.07. The van der Waals surface area contributed by atoms with Crippen molar-refractivity contribution in [2.75, 3.05) is 32.8 Å². The maximum absolute atomic E-state index is 8.93. The molecule has 1 aliphatic rings. The van der Waals surface area contributed by atoms with E-state index in [1.54, 1.807) is 0 Å². The normalized spacial score (nSPS) is 18.8. The molecule has 89 valence electrons. The van der Waals surface area contributed by atoms with Gasteiger partial charge in [-0.3, -0.25) is 0 Å². The lowest BCUT2D eigenvalue weighted by Gasteiger charge is -2.40. The zero-order valence-electron chi connectivity index (χ0n) is 9.95. The van der Waals surface area contributed by atoms with Crippen molar-refractivity contribution < 1.29 is 10.2 Å². The molecule has 15 heavy (non-hydrogen) atoms. The molecule has 1 aliphatic heterocycles. The van der Waals surface area contributed by atoms with Gasteiger partial charge in [0.15, 0.2) is 0 Å². The second-order valence-corrected chi connectivity index (χ2v) is 5.08. The molecule has 0 aromatic rings. The van der Waals surface area contributed by atoms with Crippen LogP contribution in [0, 0.1) is 17.8 Å². The molecule has 3 nitrogen and oxygen atoms in total. The molecule has 0 bridgehead atoms. The number of likely N-dealkylation sites (tertiary alicyclic amines) is 1. The van der Waals surface area contributed by atoms with Gasteiger partial charge in [-0.15, -0.1) is 0 Å². The van der Waals surface area contributed by atoms with E-state index in [-0.39, 0.29) is 19.1 Å². The van der Waals surface area contributed by atoms with Crippen LogP contribution in [0.4, 0.5) is 0 Å². The van der Waals surface area contributed by atoms with Gasteiger partial charge in [-0.05, 0) is 24.7 Å². The molecule has 0 aromatic carbocycles. The average Bonchev–Trinajstić information content (AvgIpc) is 2.14. The molecular weight excluding hydrogens is 190 g/mol. The van der Waals surface area contributed by atoms with E-state index in [4.69, 9.17) is 10.2 Å². The summed E-state index contributed by atoms with van der Waals surface area (Å²) in [6, 6.07) is 0. The van der Waals surface area contributed by atoms with Gasteiger partial charge in [0.05, 0.1) is 0 Å². The third-order valence-corrected chi connectivity index (χ3v) is 3.07. The second kappa shape index (κ2) is 6.46. The third kappa shape index (κ3) is 4.49. The van der Waals surface area contributed by atoms with Gasteiger partial charge >= 0.3 is 0 Å². The summed E-state index contributed by atoms with van der Waals surface area (Å²) >= 11 is 0. The first-order chi connectivity index (χ1) is 7.15. The molecule has 0 atom stereocenters. The molecule has 1 heterocycles. The summed E-state index contributed by atoms with van der Waals surface area (Å²) in [4.78, 5) is 2.45. The number of aliphatic hydroxyl groups is 2. The monoisotopic (exact) mass is 214 g/mol. The van der Waals surface area contributed by atoms with Crippen molar-refractivity contribution in [2.45, 2.75) is 26.7 Å². The minimum atomic E-state index is 0.0959. The molecule has 3 heteroatoms. The average molecular weight is 214 g/mol. The van der Waals surface area contributed by atoms with Crippen molar-refractivity contribution in [2.24, 2.45) is 11.8 Å². The first kappa shape index (κ1) is 12.9. The summed E-state index contributed by atoms with van der Waals surface area (Å²) in [6.45, 7) is 8.08. The lowest BCUT2D eigenvalue weighted by atomic mass is 9.90. The predicted octanol–water partition coefficient (Wildman–Crippen LogP) is 0.913. The van der Waals surface area contributed by atoms with E-state index in [0.29, 0.717) is 0 Å². The Morgan fingerprint density at radius 1 is 1.27 bits per heavy atom. The van der Waals surface area contributed by atoms with Gasteiger partial charge in [0, 0.05) is 38.8 Å². The number of hydrogen-bond acceptors (Lipinski definition) is 3. The van der Waals surface area contributed by atoms with Crippen LogP contribution in [-0.4, -0.2) is 48.0 Å². The van der Waals surface area contributed by atoms with Gasteiger partial charge in [0.1, 0.15) is 0 Å². The van der Waals surface area contributed by atoms with Gasteiger partial charge in [0.25, 0.3) is 0 Å². The zero-order chi connectivity index (χ0) is 11.3. The molecule has 0 aliphatic carbocycles. The van der Waals surface area contributed by atoms with Crippen LogP contribution in [0.15, 0.2) is 0 Å². The number of aliphatic hydroxyl groups excluding tert-OH is 2. The maximum atomic E-state index is 8.93. The fraction of sp³-hybridized carbons (Fsp3) is 0.917. The zero-order valence-corrected chi connectivity index (χ0v) is 9.95. The number of nitrogens with zero attached hydrogens (tertiary/aromatic N) is 1. The molecule has 0 amide bonds. The standard InChI is InChI=1S/C12H24NO2/c1-10(2)5-13-6-11(7-13)3-4-12(8-14)9-15/h11-12,14-15H,3-9H2,1-2H3. The lowest BCUT2D eigenvalue weighted by Crippen LogP contribution is -2.47. The van der Waals surface area contributed by atoms with Crippen molar-refractivity contribution in [1.82, 2.24) is 4.90 Å². The van der Waals surface area contributed by atoms with Crippen molar-refractivity contribution in [1.29, 1.82) is 0 Å². The summed E-state index contributed by atoms with van der Waals surface area (Å²) in [6.07, 6.45) is 2.10. The Morgan fingerprint density at radius 2 is 1.87 bits per heavy atom. The Hall–Kier alpha value is -0.120. The van der Waals surface area contributed by atoms with E-state index < -0.39 is 0 Å². The summed E-state index contributed by atoms with van der Waals surface area (Å²) in [7, 11) is 0. The van der Waals surface area contributed by atoms with E-state index in [1.807, 2.05) is 0 Å². The number of rotatable bonds is 7. The summed E-state index contributed by atoms with van der Waals surface area (Å²) in [5.41, 5.74) is 0. The van der Waals surface area contributed by atoms with E-state index in [9.17, 15) is 0 Å². The highest BCUT2D eigenvalue weighted by Gasteiger charge is 2.26. The van der Waals surface area contributed by atoms with Crippen LogP contribution in [0.5, 0.6) is 0 Å². The molecule has 1 saturated heterocycles.